The highest BCUT2D eigenvalue weighted by Gasteiger charge is 2.30. The topological polar surface area (TPSA) is 98.7 Å². The van der Waals surface area contributed by atoms with E-state index in [4.69, 9.17) is 0 Å². The third-order valence-electron chi connectivity index (χ3n) is 6.05. The Morgan fingerprint density at radius 3 is 2.16 bits per heavy atom. The van der Waals surface area contributed by atoms with Crippen molar-refractivity contribution in [2.45, 2.75) is 37.4 Å². The predicted molar refractivity (Wildman–Crippen MR) is 125 cm³/mol. The number of carbonyl (C=O) groups is 1. The first-order valence-corrected chi connectivity index (χ1v) is 13.3. The molecule has 0 atom stereocenters. The lowest BCUT2D eigenvalue weighted by molar-refractivity contribution is -0.119. The molecule has 0 aliphatic carbocycles. The number of nitrogens with one attached hydrogen (secondary N) is 1. The Morgan fingerprint density at radius 2 is 1.59 bits per heavy atom. The molecule has 2 fully saturated rings. The summed E-state index contributed by atoms with van der Waals surface area (Å²) in [6.07, 6.45) is 2.36. The standard InChI is InChI=1S/C21H30N6O3S2/c1-16-7-9-25(10-8-16)19-4-5-20(24-23-19)26-11-13-27(14-12-26)32(29,30)21-6-3-18(31-21)15-22-17(2)28/h3-6,16H,7-15H2,1-2H3,(H,22,28). The molecule has 0 aromatic carbocycles. The normalized spacial score (nSPS) is 18.7. The highest BCUT2D eigenvalue weighted by atomic mass is 32.2. The van der Waals surface area contributed by atoms with Crippen molar-refractivity contribution < 1.29 is 13.2 Å². The van der Waals surface area contributed by atoms with Gasteiger partial charge in [0.25, 0.3) is 10.0 Å². The molecule has 1 amide bonds. The molecule has 2 aromatic heterocycles. The van der Waals surface area contributed by atoms with Crippen molar-refractivity contribution in [2.75, 3.05) is 49.1 Å². The number of thiophene rings is 1. The zero-order chi connectivity index (χ0) is 22.7. The van der Waals surface area contributed by atoms with Crippen molar-refractivity contribution in [1.29, 1.82) is 0 Å². The van der Waals surface area contributed by atoms with E-state index in [0.717, 1.165) is 35.5 Å². The number of sulfonamides is 1. The molecule has 4 rings (SSSR count). The first-order chi connectivity index (χ1) is 15.3. The number of hydrogen-bond donors (Lipinski definition) is 1. The summed E-state index contributed by atoms with van der Waals surface area (Å²) in [4.78, 5) is 16.3. The Kier molecular flexibility index (Phi) is 6.96. The van der Waals surface area contributed by atoms with Gasteiger partial charge in [0.1, 0.15) is 4.21 Å². The lowest BCUT2D eigenvalue weighted by atomic mass is 9.99. The van der Waals surface area contributed by atoms with Crippen LogP contribution in [0.3, 0.4) is 0 Å². The van der Waals surface area contributed by atoms with Crippen molar-refractivity contribution in [1.82, 2.24) is 19.8 Å². The van der Waals surface area contributed by atoms with Crippen molar-refractivity contribution in [3.05, 3.63) is 29.1 Å². The van der Waals surface area contributed by atoms with Gasteiger partial charge in [0, 0.05) is 51.1 Å². The van der Waals surface area contributed by atoms with Crippen LogP contribution >= 0.6 is 11.3 Å². The minimum Gasteiger partial charge on any atom is -0.355 e. The highest BCUT2D eigenvalue weighted by molar-refractivity contribution is 7.91. The zero-order valence-corrected chi connectivity index (χ0v) is 20.2. The predicted octanol–water partition coefficient (Wildman–Crippen LogP) is 1.92. The molecular weight excluding hydrogens is 448 g/mol. The quantitative estimate of drug-likeness (QED) is 0.677. The second-order valence-corrected chi connectivity index (χ2v) is 11.8. The molecule has 9 nitrogen and oxygen atoms in total. The van der Waals surface area contributed by atoms with Gasteiger partial charge in [-0.1, -0.05) is 6.92 Å². The molecule has 0 spiro atoms. The molecular formula is C21H30N6O3S2. The number of rotatable bonds is 6. The molecule has 2 aromatic rings. The minimum atomic E-state index is -3.54. The van der Waals surface area contributed by atoms with Crippen molar-refractivity contribution in [3.63, 3.8) is 0 Å². The molecule has 4 heterocycles. The maximum Gasteiger partial charge on any atom is 0.252 e. The third-order valence-corrected chi connectivity index (χ3v) is 9.50. The summed E-state index contributed by atoms with van der Waals surface area (Å²) in [6, 6.07) is 7.38. The van der Waals surface area contributed by atoms with Crippen LogP contribution in [0.4, 0.5) is 11.6 Å². The number of hydrogen-bond acceptors (Lipinski definition) is 8. The fourth-order valence-corrected chi connectivity index (χ4v) is 6.85. The summed E-state index contributed by atoms with van der Waals surface area (Å²) >= 11 is 1.20. The maximum absolute atomic E-state index is 13.0. The average Bonchev–Trinajstić information content (AvgIpc) is 3.29. The van der Waals surface area contributed by atoms with Crippen molar-refractivity contribution >= 4 is 38.9 Å². The number of piperidine rings is 1. The van der Waals surface area contributed by atoms with Gasteiger partial charge < -0.3 is 15.1 Å². The van der Waals surface area contributed by atoms with Gasteiger partial charge in [0.2, 0.25) is 5.91 Å². The summed E-state index contributed by atoms with van der Waals surface area (Å²) in [6.45, 7) is 8.03. The zero-order valence-electron chi connectivity index (χ0n) is 18.5. The van der Waals surface area contributed by atoms with Gasteiger partial charge in [-0.2, -0.15) is 4.31 Å². The molecule has 1 N–H and O–H groups in total. The number of amides is 1. The summed E-state index contributed by atoms with van der Waals surface area (Å²) in [5.41, 5.74) is 0. The van der Waals surface area contributed by atoms with Gasteiger partial charge in [-0.15, -0.1) is 21.5 Å². The molecule has 2 aliphatic rings. The van der Waals surface area contributed by atoms with Crippen LogP contribution < -0.4 is 15.1 Å². The second-order valence-electron chi connectivity index (χ2n) is 8.44. The molecule has 32 heavy (non-hydrogen) atoms. The number of nitrogens with zero attached hydrogens (tertiary/aromatic N) is 5. The Hall–Kier alpha value is -2.24. The van der Waals surface area contributed by atoms with Crippen LogP contribution in [-0.2, 0) is 21.4 Å². The largest absolute Gasteiger partial charge is 0.355 e. The molecule has 0 unspecified atom stereocenters. The lowest BCUT2D eigenvalue weighted by Crippen LogP contribution is -2.48. The molecule has 0 bridgehead atoms. The Morgan fingerprint density at radius 1 is 1.00 bits per heavy atom. The summed E-state index contributed by atoms with van der Waals surface area (Å²) in [5, 5.41) is 11.5. The van der Waals surface area contributed by atoms with E-state index in [1.807, 2.05) is 12.1 Å². The number of piperazine rings is 1. The van der Waals surface area contributed by atoms with E-state index in [1.54, 1.807) is 12.1 Å². The fourth-order valence-electron chi connectivity index (χ4n) is 3.98. The van der Waals surface area contributed by atoms with Gasteiger partial charge in [-0.05, 0) is 43.0 Å². The Labute approximate surface area is 193 Å². The van der Waals surface area contributed by atoms with E-state index < -0.39 is 10.0 Å². The van der Waals surface area contributed by atoms with Crippen molar-refractivity contribution in [3.8, 4) is 0 Å². The van der Waals surface area contributed by atoms with Crippen LogP contribution in [0.2, 0.25) is 0 Å². The van der Waals surface area contributed by atoms with E-state index in [9.17, 15) is 13.2 Å². The van der Waals surface area contributed by atoms with Crippen molar-refractivity contribution in [2.24, 2.45) is 5.92 Å². The lowest BCUT2D eigenvalue weighted by Gasteiger charge is -2.34. The van der Waals surface area contributed by atoms with Crippen LogP contribution in [0.15, 0.2) is 28.5 Å². The van der Waals surface area contributed by atoms with E-state index in [2.05, 4.69) is 32.2 Å². The van der Waals surface area contributed by atoms with Gasteiger partial charge in [0.15, 0.2) is 11.6 Å². The van der Waals surface area contributed by atoms with Gasteiger partial charge in [0.05, 0.1) is 6.54 Å². The number of carbonyl (C=O) groups excluding carboxylic acids is 1. The smallest absolute Gasteiger partial charge is 0.252 e. The maximum atomic E-state index is 13.0. The second kappa shape index (κ2) is 9.72. The third kappa shape index (κ3) is 5.21. The molecule has 2 aliphatic heterocycles. The Bertz CT molecular complexity index is 1020. The molecule has 0 radical (unpaired) electrons. The van der Waals surface area contributed by atoms with E-state index in [0.29, 0.717) is 36.9 Å². The van der Waals surface area contributed by atoms with Crippen LogP contribution in [0.5, 0.6) is 0 Å². The SMILES string of the molecule is CC(=O)NCc1ccc(S(=O)(=O)N2CCN(c3ccc(N4CCC(C)CC4)nn3)CC2)s1. The highest BCUT2D eigenvalue weighted by Crippen LogP contribution is 2.27. The first kappa shape index (κ1) is 22.9. The van der Waals surface area contributed by atoms with Crippen LogP contribution in [-0.4, -0.2) is 68.1 Å². The molecule has 0 saturated carbocycles. The average molecular weight is 479 g/mol. The molecule has 2 saturated heterocycles. The minimum absolute atomic E-state index is 0.138. The number of aromatic nitrogens is 2. The molecule has 174 valence electrons. The van der Waals surface area contributed by atoms with E-state index in [-0.39, 0.29) is 5.91 Å². The van der Waals surface area contributed by atoms with Crippen LogP contribution in [0.1, 0.15) is 31.6 Å². The van der Waals surface area contributed by atoms with E-state index >= 15 is 0 Å². The summed E-state index contributed by atoms with van der Waals surface area (Å²) in [7, 11) is -3.54. The van der Waals surface area contributed by atoms with E-state index in [1.165, 1.54) is 35.4 Å². The Balaban J connectivity index is 1.34. The van der Waals surface area contributed by atoms with Crippen LogP contribution in [0.25, 0.3) is 0 Å². The number of anilines is 2. The fraction of sp³-hybridized carbons (Fsp3) is 0.571. The van der Waals surface area contributed by atoms with Gasteiger partial charge in [-0.3, -0.25) is 4.79 Å². The van der Waals surface area contributed by atoms with Gasteiger partial charge >= 0.3 is 0 Å². The molecule has 11 heteroatoms. The summed E-state index contributed by atoms with van der Waals surface area (Å²) in [5.74, 6) is 2.32. The first-order valence-electron chi connectivity index (χ1n) is 11.0. The van der Waals surface area contributed by atoms with Crippen LogP contribution in [0, 0.1) is 5.92 Å². The van der Waals surface area contributed by atoms with Gasteiger partial charge in [-0.25, -0.2) is 8.42 Å². The monoisotopic (exact) mass is 478 g/mol. The summed E-state index contributed by atoms with van der Waals surface area (Å²) < 4.78 is 27.9.